The summed E-state index contributed by atoms with van der Waals surface area (Å²) in [6.07, 6.45) is -0.147. The van der Waals surface area contributed by atoms with E-state index in [9.17, 15) is 14.4 Å². The number of Topliss-reactive ketones (excluding diaryl/α,β-unsaturated/α-hetero) is 1. The molecule has 0 spiro atoms. The van der Waals surface area contributed by atoms with Crippen LogP contribution in [0.25, 0.3) is 0 Å². The summed E-state index contributed by atoms with van der Waals surface area (Å²) < 4.78 is 5.25. The van der Waals surface area contributed by atoms with E-state index >= 15 is 0 Å². The van der Waals surface area contributed by atoms with Gasteiger partial charge in [-0.3, -0.25) is 14.4 Å². The maximum atomic E-state index is 11.5. The molecule has 0 aliphatic heterocycles. The van der Waals surface area contributed by atoms with E-state index in [4.69, 9.17) is 9.84 Å². The summed E-state index contributed by atoms with van der Waals surface area (Å²) in [6.45, 7) is 2.81. The van der Waals surface area contributed by atoms with Gasteiger partial charge < -0.3 is 15.2 Å². The highest BCUT2D eigenvalue weighted by Gasteiger charge is 2.11. The van der Waals surface area contributed by atoms with Gasteiger partial charge in [-0.2, -0.15) is 0 Å². The summed E-state index contributed by atoms with van der Waals surface area (Å²) in [5.74, 6) is -1.06. The van der Waals surface area contributed by atoms with Crippen molar-refractivity contribution in [2.75, 3.05) is 6.61 Å². The number of rotatable bonds is 7. The molecule has 0 heterocycles. The lowest BCUT2D eigenvalue weighted by Gasteiger charge is -2.12. The van der Waals surface area contributed by atoms with Crippen molar-refractivity contribution < 1.29 is 24.2 Å². The van der Waals surface area contributed by atoms with Gasteiger partial charge >= 0.3 is 5.97 Å². The monoisotopic (exact) mass is 279 g/mol. The average molecular weight is 279 g/mol. The fourth-order valence-corrected chi connectivity index (χ4v) is 1.58. The zero-order valence-corrected chi connectivity index (χ0v) is 11.4. The third-order valence-corrected chi connectivity index (χ3v) is 2.50. The quantitative estimate of drug-likeness (QED) is 0.733. The van der Waals surface area contributed by atoms with E-state index in [2.05, 4.69) is 5.32 Å². The minimum atomic E-state index is -0.979. The molecule has 6 nitrogen and oxygen atoms in total. The first-order valence-corrected chi connectivity index (χ1v) is 6.13. The van der Waals surface area contributed by atoms with E-state index in [-0.39, 0.29) is 18.8 Å². The van der Waals surface area contributed by atoms with Crippen LogP contribution >= 0.6 is 0 Å². The Morgan fingerprint density at radius 3 is 2.65 bits per heavy atom. The topological polar surface area (TPSA) is 92.7 Å². The second kappa shape index (κ2) is 7.28. The van der Waals surface area contributed by atoms with E-state index in [1.165, 1.54) is 6.92 Å². The van der Waals surface area contributed by atoms with Gasteiger partial charge in [0.15, 0.2) is 12.4 Å². The first-order valence-electron chi connectivity index (χ1n) is 6.13. The predicted octanol–water partition coefficient (Wildman–Crippen LogP) is 1.25. The molecule has 0 aromatic heterocycles. The van der Waals surface area contributed by atoms with Crippen LogP contribution in [0.5, 0.6) is 5.75 Å². The van der Waals surface area contributed by atoms with Crippen molar-refractivity contribution in [2.24, 2.45) is 0 Å². The van der Waals surface area contributed by atoms with E-state index in [0.29, 0.717) is 11.3 Å². The van der Waals surface area contributed by atoms with Crippen LogP contribution in [0.4, 0.5) is 0 Å². The Balaban J connectivity index is 2.46. The van der Waals surface area contributed by atoms with Crippen molar-refractivity contribution in [2.45, 2.75) is 26.3 Å². The molecule has 1 amide bonds. The molecule has 0 aliphatic carbocycles. The number of carbonyl (C=O) groups is 3. The summed E-state index contributed by atoms with van der Waals surface area (Å²) in [5.41, 5.74) is 0.502. The SMILES string of the molecule is CC(=O)c1cccc(OCC(=O)NC(C)CC(=O)O)c1. The molecule has 1 unspecified atom stereocenters. The van der Waals surface area contributed by atoms with Gasteiger partial charge in [0, 0.05) is 11.6 Å². The second-order valence-corrected chi connectivity index (χ2v) is 4.44. The van der Waals surface area contributed by atoms with Crippen LogP contribution in [0.1, 0.15) is 30.6 Å². The normalized spacial score (nSPS) is 11.5. The number of hydrogen-bond donors (Lipinski definition) is 2. The van der Waals surface area contributed by atoms with Crippen LogP contribution in [0.2, 0.25) is 0 Å². The average Bonchev–Trinajstić information content (AvgIpc) is 2.35. The van der Waals surface area contributed by atoms with Crippen molar-refractivity contribution in [3.63, 3.8) is 0 Å². The molecular formula is C14H17NO5. The van der Waals surface area contributed by atoms with Gasteiger partial charge in [-0.25, -0.2) is 0 Å². The van der Waals surface area contributed by atoms with Crippen LogP contribution in [0, 0.1) is 0 Å². The van der Waals surface area contributed by atoms with E-state index in [1.807, 2.05) is 0 Å². The van der Waals surface area contributed by atoms with Gasteiger partial charge in [-0.05, 0) is 26.0 Å². The van der Waals surface area contributed by atoms with Gasteiger partial charge in [0.05, 0.1) is 6.42 Å². The maximum Gasteiger partial charge on any atom is 0.305 e. The number of benzene rings is 1. The molecule has 1 aromatic rings. The van der Waals surface area contributed by atoms with E-state index in [0.717, 1.165) is 0 Å². The Morgan fingerprint density at radius 1 is 1.35 bits per heavy atom. The van der Waals surface area contributed by atoms with Crippen LogP contribution < -0.4 is 10.1 Å². The molecule has 1 atom stereocenters. The zero-order valence-electron chi connectivity index (χ0n) is 11.4. The molecular weight excluding hydrogens is 262 g/mol. The largest absolute Gasteiger partial charge is 0.484 e. The van der Waals surface area contributed by atoms with Gasteiger partial charge in [0.1, 0.15) is 5.75 Å². The molecule has 0 bridgehead atoms. The number of nitrogens with one attached hydrogen (secondary N) is 1. The number of carboxylic acids is 1. The number of carboxylic acid groups (broad SMARTS) is 1. The molecule has 6 heteroatoms. The Labute approximate surface area is 116 Å². The standard InChI is InChI=1S/C14H17NO5/c1-9(6-14(18)19)15-13(17)8-20-12-5-3-4-11(7-12)10(2)16/h3-5,7,9H,6,8H2,1-2H3,(H,15,17)(H,18,19). The summed E-state index contributed by atoms with van der Waals surface area (Å²) >= 11 is 0. The van der Waals surface area contributed by atoms with Crippen LogP contribution in [0.15, 0.2) is 24.3 Å². The third kappa shape index (κ3) is 5.51. The Bertz CT molecular complexity index is 512. The molecule has 20 heavy (non-hydrogen) atoms. The zero-order chi connectivity index (χ0) is 15.1. The van der Waals surface area contributed by atoms with Crippen molar-refractivity contribution in [1.82, 2.24) is 5.32 Å². The van der Waals surface area contributed by atoms with E-state index < -0.39 is 17.9 Å². The molecule has 2 N–H and O–H groups in total. The summed E-state index contributed by atoms with van der Waals surface area (Å²) in [4.78, 5) is 33.2. The highest BCUT2D eigenvalue weighted by Crippen LogP contribution is 2.13. The second-order valence-electron chi connectivity index (χ2n) is 4.44. The Kier molecular flexibility index (Phi) is 5.71. The highest BCUT2D eigenvalue weighted by molar-refractivity contribution is 5.94. The number of ether oxygens (including phenoxy) is 1. The summed E-state index contributed by atoms with van der Waals surface area (Å²) in [7, 11) is 0. The fourth-order valence-electron chi connectivity index (χ4n) is 1.58. The summed E-state index contributed by atoms with van der Waals surface area (Å²) in [5, 5.41) is 11.1. The minimum Gasteiger partial charge on any atom is -0.484 e. The first kappa shape index (κ1) is 15.7. The van der Waals surface area contributed by atoms with Gasteiger partial charge in [0.2, 0.25) is 0 Å². The smallest absolute Gasteiger partial charge is 0.305 e. The first-order chi connectivity index (χ1) is 9.38. The molecule has 108 valence electrons. The lowest BCUT2D eigenvalue weighted by Crippen LogP contribution is -2.37. The van der Waals surface area contributed by atoms with Crippen LogP contribution in [0.3, 0.4) is 0 Å². The minimum absolute atomic E-state index is 0.0880. The third-order valence-electron chi connectivity index (χ3n) is 2.50. The molecule has 0 aliphatic rings. The van der Waals surface area contributed by atoms with Gasteiger partial charge in [-0.1, -0.05) is 12.1 Å². The number of amides is 1. The molecule has 1 rings (SSSR count). The van der Waals surface area contributed by atoms with Crippen LogP contribution in [-0.4, -0.2) is 35.4 Å². The van der Waals surface area contributed by atoms with E-state index in [1.54, 1.807) is 31.2 Å². The van der Waals surface area contributed by atoms with Crippen molar-refractivity contribution in [3.05, 3.63) is 29.8 Å². The molecule has 0 radical (unpaired) electrons. The highest BCUT2D eigenvalue weighted by atomic mass is 16.5. The number of ketones is 1. The predicted molar refractivity (Wildman–Crippen MR) is 71.8 cm³/mol. The lowest BCUT2D eigenvalue weighted by atomic mass is 10.1. The Morgan fingerprint density at radius 2 is 2.05 bits per heavy atom. The molecule has 1 aromatic carbocycles. The summed E-state index contributed by atoms with van der Waals surface area (Å²) in [6, 6.07) is 6.05. The van der Waals surface area contributed by atoms with Crippen LogP contribution in [-0.2, 0) is 9.59 Å². The lowest BCUT2D eigenvalue weighted by molar-refractivity contribution is -0.137. The Hall–Kier alpha value is -2.37. The molecule has 0 saturated carbocycles. The van der Waals surface area contributed by atoms with Crippen molar-refractivity contribution in [1.29, 1.82) is 0 Å². The molecule has 0 fully saturated rings. The number of carbonyl (C=O) groups excluding carboxylic acids is 2. The van der Waals surface area contributed by atoms with Crippen molar-refractivity contribution in [3.8, 4) is 5.75 Å². The van der Waals surface area contributed by atoms with Gasteiger partial charge in [-0.15, -0.1) is 0 Å². The van der Waals surface area contributed by atoms with Gasteiger partial charge in [0.25, 0.3) is 5.91 Å². The fraction of sp³-hybridized carbons (Fsp3) is 0.357. The van der Waals surface area contributed by atoms with Crippen molar-refractivity contribution >= 4 is 17.7 Å². The molecule has 0 saturated heterocycles. The maximum absolute atomic E-state index is 11.5. The number of aliphatic carboxylic acids is 1. The number of hydrogen-bond acceptors (Lipinski definition) is 4.